The second kappa shape index (κ2) is 8.01. The third-order valence-corrected chi connectivity index (χ3v) is 6.38. The first kappa shape index (κ1) is 19.9. The van der Waals surface area contributed by atoms with E-state index < -0.39 is 0 Å². The van der Waals surface area contributed by atoms with Crippen LogP contribution < -0.4 is 15.4 Å². The molecule has 1 aromatic rings. The van der Waals surface area contributed by atoms with Gasteiger partial charge in [0.1, 0.15) is 5.75 Å². The minimum atomic E-state index is -0.359. The number of hydrogen-bond acceptors (Lipinski definition) is 4. The van der Waals surface area contributed by atoms with E-state index in [2.05, 4.69) is 20.8 Å². The Morgan fingerprint density at radius 3 is 2.70 bits per heavy atom. The van der Waals surface area contributed by atoms with E-state index in [1.165, 1.54) is 4.90 Å². The Morgan fingerprint density at radius 2 is 2.07 bits per heavy atom. The fourth-order valence-corrected chi connectivity index (χ4v) is 4.87. The predicted molar refractivity (Wildman–Crippen MR) is 107 cm³/mol. The van der Waals surface area contributed by atoms with Crippen LogP contribution in [0.1, 0.15) is 57.9 Å². The maximum absolute atomic E-state index is 13.6. The first-order chi connectivity index (χ1) is 12.9. The van der Waals surface area contributed by atoms with Crippen LogP contribution in [-0.2, 0) is 9.59 Å². The molecule has 1 unspecified atom stereocenters. The molecule has 2 N–H and O–H groups in total. The molecule has 0 saturated heterocycles. The maximum atomic E-state index is 13.6. The number of nitrogens with zero attached hydrogens (tertiary/aromatic N) is 1. The number of anilines is 1. The number of nitrogens with two attached hydrogens (primary N) is 1. The third kappa shape index (κ3) is 3.62. The molecule has 5 heteroatoms. The van der Waals surface area contributed by atoms with Gasteiger partial charge in [-0.2, -0.15) is 0 Å². The van der Waals surface area contributed by atoms with Crippen molar-refractivity contribution in [3.63, 3.8) is 0 Å². The van der Waals surface area contributed by atoms with Crippen LogP contribution in [0.4, 0.5) is 5.69 Å². The van der Waals surface area contributed by atoms with Gasteiger partial charge in [-0.25, -0.2) is 4.90 Å². The number of hydrogen-bond donors (Lipinski definition) is 1. The average Bonchev–Trinajstić information content (AvgIpc) is 2.92. The molecule has 2 amide bonds. The Hall–Kier alpha value is -1.88. The lowest BCUT2D eigenvalue weighted by Gasteiger charge is -2.38. The molecule has 0 aromatic heterocycles. The first-order valence-electron chi connectivity index (χ1n) is 10.1. The van der Waals surface area contributed by atoms with Crippen molar-refractivity contribution in [1.82, 2.24) is 0 Å². The van der Waals surface area contributed by atoms with Gasteiger partial charge < -0.3 is 10.5 Å². The van der Waals surface area contributed by atoms with E-state index in [9.17, 15) is 9.59 Å². The molecule has 5 nitrogen and oxygen atoms in total. The SMILES string of the molecule is COc1ccc2c(c1)C(CCN)C(=O)N2C(=O)[C@@H]1C[C@H](C)CC[C@H]1C(C)C. The maximum Gasteiger partial charge on any atom is 0.241 e. The molecule has 1 heterocycles. The zero-order valence-electron chi connectivity index (χ0n) is 16.9. The number of carbonyl (C=O) groups is 2. The van der Waals surface area contributed by atoms with Crippen molar-refractivity contribution in [3.8, 4) is 5.75 Å². The number of ether oxygens (including phenoxy) is 1. The molecule has 0 bridgehead atoms. The van der Waals surface area contributed by atoms with Crippen molar-refractivity contribution in [2.75, 3.05) is 18.6 Å². The summed E-state index contributed by atoms with van der Waals surface area (Å²) in [5.74, 6) is 1.36. The normalized spacial score (nSPS) is 27.8. The topological polar surface area (TPSA) is 72.6 Å². The zero-order chi connectivity index (χ0) is 19.7. The molecule has 148 valence electrons. The van der Waals surface area contributed by atoms with Crippen LogP contribution in [0.5, 0.6) is 5.75 Å². The number of carbonyl (C=O) groups excluding carboxylic acids is 2. The van der Waals surface area contributed by atoms with Crippen molar-refractivity contribution in [2.45, 2.75) is 52.4 Å². The summed E-state index contributed by atoms with van der Waals surface area (Å²) in [4.78, 5) is 28.2. The van der Waals surface area contributed by atoms with E-state index in [1.807, 2.05) is 18.2 Å². The van der Waals surface area contributed by atoms with Gasteiger partial charge in [0.2, 0.25) is 11.8 Å². The molecule has 1 aromatic carbocycles. The molecule has 1 saturated carbocycles. The summed E-state index contributed by atoms with van der Waals surface area (Å²) in [6.45, 7) is 6.98. The minimum Gasteiger partial charge on any atom is -0.497 e. The molecule has 3 rings (SSSR count). The van der Waals surface area contributed by atoms with E-state index in [4.69, 9.17) is 10.5 Å². The smallest absolute Gasteiger partial charge is 0.241 e. The number of benzene rings is 1. The molecule has 0 radical (unpaired) electrons. The number of rotatable bonds is 5. The molecule has 4 atom stereocenters. The first-order valence-corrected chi connectivity index (χ1v) is 10.1. The van der Waals surface area contributed by atoms with Crippen LogP contribution in [-0.4, -0.2) is 25.5 Å². The van der Waals surface area contributed by atoms with E-state index in [0.717, 1.165) is 24.8 Å². The molecule has 27 heavy (non-hydrogen) atoms. The summed E-state index contributed by atoms with van der Waals surface area (Å²) in [6.07, 6.45) is 3.61. The quantitative estimate of drug-likeness (QED) is 0.800. The lowest BCUT2D eigenvalue weighted by molar-refractivity contribution is -0.131. The summed E-state index contributed by atoms with van der Waals surface area (Å²) >= 11 is 0. The highest BCUT2D eigenvalue weighted by molar-refractivity contribution is 6.21. The molecule has 1 aliphatic carbocycles. The Balaban J connectivity index is 1.98. The molecule has 2 aliphatic rings. The van der Waals surface area contributed by atoms with E-state index in [0.29, 0.717) is 42.2 Å². The standard InChI is InChI=1S/C22H32N2O3/c1-13(2)16-7-5-14(3)11-19(16)22(26)24-20-8-6-15(27-4)12-18(20)17(9-10-23)21(24)25/h6,8,12-14,16-17,19H,5,7,9-11,23H2,1-4H3/t14-,16+,17?,19-/m1/s1. The Kier molecular flexibility index (Phi) is 5.89. The lowest BCUT2D eigenvalue weighted by atomic mass is 9.69. The number of methoxy groups -OCH3 is 1. The Morgan fingerprint density at radius 1 is 1.33 bits per heavy atom. The summed E-state index contributed by atoms with van der Waals surface area (Å²) in [5, 5.41) is 0. The monoisotopic (exact) mass is 372 g/mol. The molecule has 1 aliphatic heterocycles. The van der Waals surface area contributed by atoms with Gasteiger partial charge in [0.05, 0.1) is 18.7 Å². The van der Waals surface area contributed by atoms with Crippen molar-refractivity contribution in [2.24, 2.45) is 29.4 Å². The highest BCUT2D eigenvalue weighted by Gasteiger charge is 2.45. The summed E-state index contributed by atoms with van der Waals surface area (Å²) in [6, 6.07) is 5.54. The minimum absolute atomic E-state index is 0.0313. The van der Waals surface area contributed by atoms with Crippen LogP contribution in [0, 0.1) is 23.7 Å². The molecule has 1 fully saturated rings. The Bertz CT molecular complexity index is 716. The van der Waals surface area contributed by atoms with E-state index >= 15 is 0 Å². The highest BCUT2D eigenvalue weighted by atomic mass is 16.5. The second-order valence-corrected chi connectivity index (χ2v) is 8.50. The van der Waals surface area contributed by atoms with Crippen molar-refractivity contribution >= 4 is 17.5 Å². The van der Waals surface area contributed by atoms with Gasteiger partial charge in [0, 0.05) is 5.92 Å². The highest BCUT2D eigenvalue weighted by Crippen LogP contribution is 2.45. The van der Waals surface area contributed by atoms with E-state index in [-0.39, 0.29) is 23.7 Å². The number of imide groups is 1. The van der Waals surface area contributed by atoms with Gasteiger partial charge in [-0.1, -0.05) is 27.2 Å². The van der Waals surface area contributed by atoms with Crippen LogP contribution in [0.3, 0.4) is 0 Å². The zero-order valence-corrected chi connectivity index (χ0v) is 16.9. The number of amides is 2. The van der Waals surface area contributed by atoms with Gasteiger partial charge in [-0.3, -0.25) is 9.59 Å². The Labute approximate surface area is 162 Å². The largest absolute Gasteiger partial charge is 0.497 e. The van der Waals surface area contributed by atoms with Crippen LogP contribution in [0.2, 0.25) is 0 Å². The van der Waals surface area contributed by atoms with Crippen molar-refractivity contribution in [3.05, 3.63) is 23.8 Å². The van der Waals surface area contributed by atoms with Crippen molar-refractivity contribution < 1.29 is 14.3 Å². The van der Waals surface area contributed by atoms with Gasteiger partial charge >= 0.3 is 0 Å². The summed E-state index contributed by atoms with van der Waals surface area (Å²) in [7, 11) is 1.61. The molecule has 0 spiro atoms. The molecular weight excluding hydrogens is 340 g/mol. The van der Waals surface area contributed by atoms with E-state index in [1.54, 1.807) is 7.11 Å². The fraction of sp³-hybridized carbons (Fsp3) is 0.636. The van der Waals surface area contributed by atoms with Crippen LogP contribution in [0.15, 0.2) is 18.2 Å². The van der Waals surface area contributed by atoms with Gasteiger partial charge in [0.25, 0.3) is 0 Å². The lowest BCUT2D eigenvalue weighted by Crippen LogP contribution is -2.45. The summed E-state index contributed by atoms with van der Waals surface area (Å²) < 4.78 is 5.33. The van der Waals surface area contributed by atoms with Gasteiger partial charge in [0.15, 0.2) is 0 Å². The molecular formula is C22H32N2O3. The van der Waals surface area contributed by atoms with Crippen LogP contribution in [0.25, 0.3) is 0 Å². The van der Waals surface area contributed by atoms with Gasteiger partial charge in [-0.05, 0) is 67.3 Å². The second-order valence-electron chi connectivity index (χ2n) is 8.50. The average molecular weight is 373 g/mol. The fourth-order valence-electron chi connectivity index (χ4n) is 4.87. The van der Waals surface area contributed by atoms with Crippen LogP contribution >= 0.6 is 0 Å². The summed E-state index contributed by atoms with van der Waals surface area (Å²) in [5.41, 5.74) is 7.33. The number of fused-ring (bicyclic) bond motifs is 1. The van der Waals surface area contributed by atoms with Crippen molar-refractivity contribution in [1.29, 1.82) is 0 Å². The predicted octanol–water partition coefficient (Wildman–Crippen LogP) is 3.71. The van der Waals surface area contributed by atoms with Gasteiger partial charge in [-0.15, -0.1) is 0 Å². The third-order valence-electron chi connectivity index (χ3n) is 6.38.